The fourth-order valence-electron chi connectivity index (χ4n) is 12.7. The van der Waals surface area contributed by atoms with E-state index in [0.29, 0.717) is 0 Å². The summed E-state index contributed by atoms with van der Waals surface area (Å²) in [4.78, 5) is 6.35. The van der Waals surface area contributed by atoms with Crippen LogP contribution in [0.1, 0.15) is 22.3 Å². The summed E-state index contributed by atoms with van der Waals surface area (Å²) in [5.74, 6) is 0. The van der Waals surface area contributed by atoms with Gasteiger partial charge in [-0.25, -0.2) is 0 Å². The second-order valence-corrected chi connectivity index (χ2v) is 20.6. The third kappa shape index (κ3) is 5.75. The van der Waals surface area contributed by atoms with Crippen LogP contribution in [0.3, 0.4) is 0 Å². The summed E-state index contributed by atoms with van der Waals surface area (Å²) in [7, 11) is 0. The van der Waals surface area contributed by atoms with E-state index in [9.17, 15) is 0 Å². The Morgan fingerprint density at radius 2 is 1.00 bits per heavy atom. The van der Waals surface area contributed by atoms with Gasteiger partial charge in [0, 0.05) is 80.6 Å². The largest absolute Gasteiger partial charge is 0.455 e. The number of hydrogen-bond donors (Lipinski definition) is 1. The van der Waals surface area contributed by atoms with E-state index in [1.807, 2.05) is 11.3 Å². The van der Waals surface area contributed by atoms with Crippen molar-refractivity contribution in [1.82, 2.24) is 4.98 Å². The Kier molecular flexibility index (Phi) is 8.54. The molecule has 0 atom stereocenters. The lowest BCUT2D eigenvalue weighted by Crippen LogP contribution is -2.28. The quantitative estimate of drug-likeness (QED) is 0.162. The van der Waals surface area contributed by atoms with Crippen molar-refractivity contribution < 1.29 is 4.42 Å². The van der Waals surface area contributed by atoms with Gasteiger partial charge in [-0.1, -0.05) is 182 Å². The molecule has 1 N–H and O–H groups in total. The third-order valence-electron chi connectivity index (χ3n) is 15.8. The van der Waals surface area contributed by atoms with Crippen molar-refractivity contribution in [3.8, 4) is 33.4 Å². The minimum atomic E-state index is -0.487. The number of thiophene rings is 1. The highest BCUT2D eigenvalue weighted by Crippen LogP contribution is 2.58. The van der Waals surface area contributed by atoms with Crippen LogP contribution in [-0.2, 0) is 5.41 Å². The first-order valence-electron chi connectivity index (χ1n) is 25.1. The number of aromatic amines is 1. The lowest BCUT2D eigenvalue weighted by molar-refractivity contribution is 0.673. The Balaban J connectivity index is 0.926. The fourth-order valence-corrected chi connectivity index (χ4v) is 13.9. The van der Waals surface area contributed by atoms with Crippen LogP contribution in [-0.4, -0.2) is 4.98 Å². The van der Waals surface area contributed by atoms with E-state index in [-0.39, 0.29) is 0 Å². The molecule has 3 heterocycles. The van der Waals surface area contributed by atoms with Gasteiger partial charge in [-0.2, -0.15) is 0 Å². The van der Waals surface area contributed by atoms with E-state index in [2.05, 4.69) is 259 Å². The Labute approximate surface area is 424 Å². The molecule has 73 heavy (non-hydrogen) atoms. The van der Waals surface area contributed by atoms with Gasteiger partial charge < -0.3 is 14.3 Å². The maximum absolute atomic E-state index is 6.91. The lowest BCUT2D eigenvalue weighted by Gasteiger charge is -2.34. The minimum Gasteiger partial charge on any atom is -0.455 e. The van der Waals surface area contributed by atoms with Crippen LogP contribution in [0.5, 0.6) is 0 Å². The Bertz CT molecular complexity index is 4620. The lowest BCUT2D eigenvalue weighted by atomic mass is 9.68. The summed E-state index contributed by atoms with van der Waals surface area (Å²) in [6, 6.07) is 91.6. The number of rotatable bonds is 7. The van der Waals surface area contributed by atoms with Crippen LogP contribution in [0.4, 0.5) is 17.1 Å². The van der Waals surface area contributed by atoms with Crippen LogP contribution >= 0.6 is 11.3 Å². The molecule has 340 valence electrons. The minimum absolute atomic E-state index is 0.487. The van der Waals surface area contributed by atoms with Crippen LogP contribution in [0.15, 0.2) is 253 Å². The number of furan rings is 1. The molecule has 1 aliphatic rings. The number of para-hydroxylation sites is 1. The first kappa shape index (κ1) is 40.5. The zero-order chi connectivity index (χ0) is 47.8. The summed E-state index contributed by atoms with van der Waals surface area (Å²) in [6.07, 6.45) is 0. The summed E-state index contributed by atoms with van der Waals surface area (Å²) >= 11 is 1.89. The molecule has 12 aromatic carbocycles. The molecule has 15 aromatic rings. The van der Waals surface area contributed by atoms with Crippen molar-refractivity contribution >= 4 is 103 Å². The Hall–Kier alpha value is -9.22. The molecule has 16 rings (SSSR count). The maximum atomic E-state index is 6.91. The number of aromatic nitrogens is 1. The standard InChI is InChI=1S/C69H42N2OS/c1-4-17-42(18-5-1)44-19-16-24-48(37-44)71(49-35-36-59-54(38-49)50-25-10-13-28-58(50)69(59,45-20-6-2-7-21-45)46-22-8-3-9-23-46)47-33-31-43(32-34-47)53-39-57-64-60(41-56-52-27-12-15-30-63(52)73-68(56)57)70-61-40-55-51-26-11-14-29-62(51)72-67(55)65(53)66(61)64/h1-41,70H. The molecule has 0 saturated heterocycles. The van der Waals surface area contributed by atoms with Gasteiger partial charge in [0.25, 0.3) is 0 Å². The van der Waals surface area contributed by atoms with E-state index >= 15 is 0 Å². The van der Waals surface area contributed by atoms with Crippen molar-refractivity contribution in [2.24, 2.45) is 0 Å². The summed E-state index contributed by atoms with van der Waals surface area (Å²) < 4.78 is 9.52. The Morgan fingerprint density at radius 3 is 1.81 bits per heavy atom. The molecule has 3 nitrogen and oxygen atoms in total. The first-order chi connectivity index (χ1) is 36.2. The average molecular weight is 947 g/mol. The van der Waals surface area contributed by atoms with Gasteiger partial charge in [-0.05, 0) is 122 Å². The molecular formula is C69H42N2OS. The van der Waals surface area contributed by atoms with E-state index < -0.39 is 5.41 Å². The van der Waals surface area contributed by atoms with E-state index in [1.165, 1.54) is 75.3 Å². The molecule has 0 fully saturated rings. The average Bonchev–Trinajstić information content (AvgIpc) is 4.22. The predicted molar refractivity (Wildman–Crippen MR) is 308 cm³/mol. The van der Waals surface area contributed by atoms with Crippen LogP contribution in [0.2, 0.25) is 0 Å². The molecule has 1 aliphatic carbocycles. The molecule has 4 heteroatoms. The molecule has 0 unspecified atom stereocenters. The highest BCUT2D eigenvalue weighted by Gasteiger charge is 2.46. The summed E-state index contributed by atoms with van der Waals surface area (Å²) in [5, 5.41) is 9.71. The number of fused-ring (bicyclic) bond motifs is 11. The molecule has 0 saturated carbocycles. The van der Waals surface area contributed by atoms with Crippen molar-refractivity contribution in [1.29, 1.82) is 0 Å². The van der Waals surface area contributed by atoms with E-state index in [1.54, 1.807) is 0 Å². The Morgan fingerprint density at radius 1 is 0.370 bits per heavy atom. The second kappa shape index (κ2) is 15.4. The van der Waals surface area contributed by atoms with Gasteiger partial charge >= 0.3 is 0 Å². The maximum Gasteiger partial charge on any atom is 0.144 e. The van der Waals surface area contributed by atoms with Crippen molar-refractivity contribution in [3.05, 3.63) is 271 Å². The van der Waals surface area contributed by atoms with Gasteiger partial charge in [-0.3, -0.25) is 0 Å². The molecule has 0 aliphatic heterocycles. The molecule has 3 aromatic heterocycles. The smallest absolute Gasteiger partial charge is 0.144 e. The molecule has 0 spiro atoms. The number of nitrogens with one attached hydrogen (secondary N) is 1. The molecule has 0 amide bonds. The fraction of sp³-hybridized carbons (Fsp3) is 0.0145. The van der Waals surface area contributed by atoms with Crippen LogP contribution in [0, 0.1) is 0 Å². The van der Waals surface area contributed by atoms with Crippen molar-refractivity contribution in [2.45, 2.75) is 5.41 Å². The predicted octanol–water partition coefficient (Wildman–Crippen LogP) is 19.3. The van der Waals surface area contributed by atoms with Gasteiger partial charge in [0.05, 0.1) is 5.41 Å². The zero-order valence-electron chi connectivity index (χ0n) is 39.4. The molecular weight excluding hydrogens is 905 g/mol. The number of benzene rings is 12. The number of anilines is 3. The highest BCUT2D eigenvalue weighted by atomic mass is 32.1. The summed E-state index contributed by atoms with van der Waals surface area (Å²) in [6.45, 7) is 0. The molecule has 0 bridgehead atoms. The monoisotopic (exact) mass is 946 g/mol. The second-order valence-electron chi connectivity index (χ2n) is 19.6. The first-order valence-corrected chi connectivity index (χ1v) is 25.9. The van der Waals surface area contributed by atoms with Crippen molar-refractivity contribution in [2.75, 3.05) is 4.90 Å². The van der Waals surface area contributed by atoms with E-state index in [0.717, 1.165) is 72.1 Å². The van der Waals surface area contributed by atoms with Gasteiger partial charge in [0.15, 0.2) is 0 Å². The zero-order valence-corrected chi connectivity index (χ0v) is 40.3. The van der Waals surface area contributed by atoms with Gasteiger partial charge in [-0.15, -0.1) is 11.3 Å². The topological polar surface area (TPSA) is 32.2 Å². The number of nitrogens with zero attached hydrogens (tertiary/aromatic N) is 1. The number of H-pyrrole nitrogens is 1. The normalized spacial score (nSPS) is 13.0. The summed E-state index contributed by atoms with van der Waals surface area (Å²) in [5.41, 5.74) is 19.1. The van der Waals surface area contributed by atoms with Gasteiger partial charge in [0.1, 0.15) is 11.2 Å². The molecule has 0 radical (unpaired) electrons. The van der Waals surface area contributed by atoms with E-state index in [4.69, 9.17) is 4.42 Å². The van der Waals surface area contributed by atoms with Crippen LogP contribution in [0.25, 0.3) is 108 Å². The van der Waals surface area contributed by atoms with Gasteiger partial charge in [0.2, 0.25) is 0 Å². The van der Waals surface area contributed by atoms with Crippen LogP contribution < -0.4 is 4.90 Å². The highest BCUT2D eigenvalue weighted by molar-refractivity contribution is 7.26. The number of hydrogen-bond acceptors (Lipinski definition) is 3. The third-order valence-corrected chi connectivity index (χ3v) is 17.0. The SMILES string of the molecule is c1ccc(-c2cccc(N(c3ccc(-c4cc5c6sc7ccccc7c6cc6[nH]c7cc8c9ccccc9oc8c4c7c65)cc3)c3ccc4c(c3)-c3ccccc3C4(c3ccccc3)c3ccccc3)c2)cc1. The van der Waals surface area contributed by atoms with Crippen molar-refractivity contribution in [3.63, 3.8) is 0 Å².